The molecule has 0 heterocycles. The largest absolute Gasteiger partial charge is 0.497 e. The molecule has 0 saturated carbocycles. The Morgan fingerprint density at radius 3 is 2.33 bits per heavy atom. The molecule has 0 unspecified atom stereocenters. The minimum absolute atomic E-state index is 0.237. The minimum atomic E-state index is -0.678. The van der Waals surface area contributed by atoms with Gasteiger partial charge in [0.1, 0.15) is 11.5 Å². The molecule has 0 atom stereocenters. The number of amides is 2. The molecule has 0 spiro atoms. The Kier molecular flexibility index (Phi) is 8.43. The molecule has 2 amide bonds. The highest BCUT2D eigenvalue weighted by Crippen LogP contribution is 2.23. The summed E-state index contributed by atoms with van der Waals surface area (Å²) in [7, 11) is 3.06. The highest BCUT2D eigenvalue weighted by atomic mass is 16.5. The fourth-order valence-corrected chi connectivity index (χ4v) is 2.47. The van der Waals surface area contributed by atoms with Crippen molar-refractivity contribution < 1.29 is 28.6 Å². The Bertz CT molecular complexity index is 917. The molecule has 0 radical (unpaired) electrons. The molecule has 0 bridgehead atoms. The fraction of sp³-hybridized carbons (Fsp3) is 0.227. The molecule has 0 aliphatic carbocycles. The monoisotopic (exact) mass is 412 g/mol. The molecule has 2 aromatic carbocycles. The van der Waals surface area contributed by atoms with Crippen molar-refractivity contribution in [3.05, 3.63) is 59.7 Å². The Hall–Kier alpha value is -3.81. The Balaban J connectivity index is 1.89. The van der Waals surface area contributed by atoms with E-state index >= 15 is 0 Å². The van der Waals surface area contributed by atoms with Gasteiger partial charge in [0, 0.05) is 29.9 Å². The Morgan fingerprint density at radius 1 is 1.00 bits per heavy atom. The number of carbonyl (C=O) groups is 3. The molecule has 158 valence electrons. The molecule has 0 aliphatic rings. The van der Waals surface area contributed by atoms with Crippen LogP contribution in [0.15, 0.2) is 48.5 Å². The maximum atomic E-state index is 12.0. The smallest absolute Gasteiger partial charge is 0.331 e. The van der Waals surface area contributed by atoms with Crippen LogP contribution in [0.1, 0.15) is 22.8 Å². The number of esters is 1. The SMILES string of the molecule is CCNC(=O)c1cccc(NC(=O)COC(=O)/C=C/c2cc(OC)cc(OC)c2)c1. The molecule has 0 saturated heterocycles. The van der Waals surface area contributed by atoms with E-state index in [1.807, 2.05) is 6.92 Å². The number of rotatable bonds is 9. The molecule has 0 aromatic heterocycles. The predicted molar refractivity (Wildman–Crippen MR) is 113 cm³/mol. The molecule has 8 heteroatoms. The third-order valence-corrected chi connectivity index (χ3v) is 3.88. The van der Waals surface area contributed by atoms with Crippen molar-refractivity contribution in [2.45, 2.75) is 6.92 Å². The normalized spacial score (nSPS) is 10.4. The summed E-state index contributed by atoms with van der Waals surface area (Å²) in [4.78, 5) is 35.8. The van der Waals surface area contributed by atoms with Crippen molar-refractivity contribution >= 4 is 29.5 Å². The van der Waals surface area contributed by atoms with Crippen LogP contribution in [0.5, 0.6) is 11.5 Å². The first-order chi connectivity index (χ1) is 14.4. The maximum Gasteiger partial charge on any atom is 0.331 e. The number of benzene rings is 2. The summed E-state index contributed by atoms with van der Waals surface area (Å²) < 4.78 is 15.3. The molecule has 2 N–H and O–H groups in total. The van der Waals surface area contributed by atoms with Crippen LogP contribution in [0.2, 0.25) is 0 Å². The number of anilines is 1. The zero-order valence-electron chi connectivity index (χ0n) is 17.1. The second-order valence-electron chi connectivity index (χ2n) is 6.08. The van der Waals surface area contributed by atoms with Gasteiger partial charge in [0.05, 0.1) is 14.2 Å². The van der Waals surface area contributed by atoms with Gasteiger partial charge in [-0.1, -0.05) is 6.07 Å². The topological polar surface area (TPSA) is 103 Å². The van der Waals surface area contributed by atoms with Gasteiger partial charge in [-0.05, 0) is 48.9 Å². The molecule has 30 heavy (non-hydrogen) atoms. The van der Waals surface area contributed by atoms with E-state index < -0.39 is 18.5 Å². The lowest BCUT2D eigenvalue weighted by Gasteiger charge is -2.08. The molecule has 0 fully saturated rings. The van der Waals surface area contributed by atoms with Crippen LogP contribution < -0.4 is 20.1 Å². The first-order valence-corrected chi connectivity index (χ1v) is 9.21. The van der Waals surface area contributed by atoms with Crippen molar-refractivity contribution in [3.8, 4) is 11.5 Å². The molecular formula is C22H24N2O6. The summed E-state index contributed by atoms with van der Waals surface area (Å²) >= 11 is 0. The van der Waals surface area contributed by atoms with E-state index in [1.165, 1.54) is 26.4 Å². The summed E-state index contributed by atoms with van der Waals surface area (Å²) in [6.45, 7) is 1.86. The van der Waals surface area contributed by atoms with Crippen LogP contribution in [0.4, 0.5) is 5.69 Å². The van der Waals surface area contributed by atoms with Gasteiger partial charge >= 0.3 is 5.97 Å². The van der Waals surface area contributed by atoms with Gasteiger partial charge in [-0.2, -0.15) is 0 Å². The van der Waals surface area contributed by atoms with Crippen LogP contribution in [0, 0.1) is 0 Å². The lowest BCUT2D eigenvalue weighted by Crippen LogP contribution is -2.23. The van der Waals surface area contributed by atoms with E-state index in [4.69, 9.17) is 14.2 Å². The van der Waals surface area contributed by atoms with E-state index in [0.29, 0.717) is 34.9 Å². The van der Waals surface area contributed by atoms with Crippen molar-refractivity contribution in [1.29, 1.82) is 0 Å². The first kappa shape index (κ1) is 22.5. The number of hydrogen-bond acceptors (Lipinski definition) is 6. The summed E-state index contributed by atoms with van der Waals surface area (Å²) in [5.41, 5.74) is 1.52. The van der Waals surface area contributed by atoms with Gasteiger partial charge in [-0.25, -0.2) is 4.79 Å². The van der Waals surface area contributed by atoms with Crippen molar-refractivity contribution in [3.63, 3.8) is 0 Å². The fourth-order valence-electron chi connectivity index (χ4n) is 2.47. The van der Waals surface area contributed by atoms with Crippen molar-refractivity contribution in [2.24, 2.45) is 0 Å². The van der Waals surface area contributed by atoms with E-state index in [2.05, 4.69) is 10.6 Å². The standard InChI is InChI=1S/C22H24N2O6/c1-4-23-22(27)16-6-5-7-17(12-16)24-20(25)14-30-21(26)9-8-15-10-18(28-2)13-19(11-15)29-3/h5-13H,4,14H2,1-3H3,(H,23,27)(H,24,25)/b9-8+. The molecule has 8 nitrogen and oxygen atoms in total. The van der Waals surface area contributed by atoms with E-state index in [1.54, 1.807) is 42.5 Å². The number of nitrogens with one attached hydrogen (secondary N) is 2. The van der Waals surface area contributed by atoms with Gasteiger partial charge in [-0.15, -0.1) is 0 Å². The first-order valence-electron chi connectivity index (χ1n) is 9.21. The molecule has 2 rings (SSSR count). The number of hydrogen-bond donors (Lipinski definition) is 2. The lowest BCUT2D eigenvalue weighted by atomic mass is 10.2. The van der Waals surface area contributed by atoms with Crippen LogP contribution in [-0.4, -0.2) is 45.2 Å². The summed E-state index contributed by atoms with van der Waals surface area (Å²) in [6.07, 6.45) is 2.73. The van der Waals surface area contributed by atoms with Crippen LogP contribution in [0.25, 0.3) is 6.08 Å². The summed E-state index contributed by atoms with van der Waals surface area (Å²) in [6, 6.07) is 11.6. The number of carbonyl (C=O) groups excluding carboxylic acids is 3. The Labute approximate surface area is 174 Å². The minimum Gasteiger partial charge on any atom is -0.497 e. The van der Waals surface area contributed by atoms with E-state index in [-0.39, 0.29) is 5.91 Å². The molecule has 0 aliphatic heterocycles. The van der Waals surface area contributed by atoms with Gasteiger partial charge in [0.15, 0.2) is 6.61 Å². The predicted octanol–water partition coefficient (Wildman–Crippen LogP) is 2.65. The zero-order chi connectivity index (χ0) is 21.9. The average molecular weight is 412 g/mol. The Morgan fingerprint density at radius 2 is 1.70 bits per heavy atom. The highest BCUT2D eigenvalue weighted by Gasteiger charge is 2.09. The second kappa shape index (κ2) is 11.3. The van der Waals surface area contributed by atoms with Gasteiger partial charge in [-0.3, -0.25) is 9.59 Å². The average Bonchev–Trinajstić information content (AvgIpc) is 2.76. The quantitative estimate of drug-likeness (QED) is 0.485. The maximum absolute atomic E-state index is 12.0. The zero-order valence-corrected chi connectivity index (χ0v) is 17.1. The third-order valence-electron chi connectivity index (χ3n) is 3.88. The van der Waals surface area contributed by atoms with Gasteiger partial charge < -0.3 is 24.8 Å². The van der Waals surface area contributed by atoms with Gasteiger partial charge in [0.25, 0.3) is 11.8 Å². The third kappa shape index (κ3) is 6.97. The summed E-state index contributed by atoms with van der Waals surface area (Å²) in [5.74, 6) is -0.275. The molecular weight excluding hydrogens is 388 g/mol. The highest BCUT2D eigenvalue weighted by molar-refractivity contribution is 5.98. The van der Waals surface area contributed by atoms with Crippen LogP contribution in [0.3, 0.4) is 0 Å². The van der Waals surface area contributed by atoms with Crippen LogP contribution in [-0.2, 0) is 14.3 Å². The van der Waals surface area contributed by atoms with Crippen molar-refractivity contribution in [1.82, 2.24) is 5.32 Å². The number of ether oxygens (including phenoxy) is 3. The number of methoxy groups -OCH3 is 2. The summed E-state index contributed by atoms with van der Waals surface area (Å²) in [5, 5.41) is 5.27. The van der Waals surface area contributed by atoms with E-state index in [0.717, 1.165) is 0 Å². The molecule has 2 aromatic rings. The van der Waals surface area contributed by atoms with Crippen molar-refractivity contribution in [2.75, 3.05) is 32.7 Å². The van der Waals surface area contributed by atoms with E-state index in [9.17, 15) is 14.4 Å². The second-order valence-corrected chi connectivity index (χ2v) is 6.08. The van der Waals surface area contributed by atoms with Crippen LogP contribution >= 0.6 is 0 Å². The van der Waals surface area contributed by atoms with Gasteiger partial charge in [0.2, 0.25) is 0 Å². The lowest BCUT2D eigenvalue weighted by molar-refractivity contribution is -0.142.